The highest BCUT2D eigenvalue weighted by Crippen LogP contribution is 2.26. The lowest BCUT2D eigenvalue weighted by Crippen LogP contribution is -2.30. The number of hydrogen-bond donors (Lipinski definition) is 2. The summed E-state index contributed by atoms with van der Waals surface area (Å²) < 4.78 is 1.97. The third kappa shape index (κ3) is 1.81. The highest BCUT2D eigenvalue weighted by Gasteiger charge is 2.18. The Hall–Kier alpha value is -1.17. The molecule has 2 aromatic heterocycles. The molecule has 0 spiro atoms. The van der Waals surface area contributed by atoms with Gasteiger partial charge in [-0.25, -0.2) is 10.4 Å². The van der Waals surface area contributed by atoms with Gasteiger partial charge in [0.2, 0.25) is 0 Å². The molecule has 0 saturated carbocycles. The van der Waals surface area contributed by atoms with Gasteiger partial charge in [-0.2, -0.15) is 0 Å². The second kappa shape index (κ2) is 4.14. The summed E-state index contributed by atoms with van der Waals surface area (Å²) in [5, 5.41) is 2.07. The largest absolute Gasteiger partial charge is 0.336 e. The molecular formula is C10H14N4S. The topological polar surface area (TPSA) is 55.9 Å². The molecule has 2 heterocycles. The van der Waals surface area contributed by atoms with Crippen molar-refractivity contribution in [3.63, 3.8) is 0 Å². The predicted octanol–water partition coefficient (Wildman–Crippen LogP) is 1.34. The van der Waals surface area contributed by atoms with E-state index in [1.165, 1.54) is 10.4 Å². The summed E-state index contributed by atoms with van der Waals surface area (Å²) in [6, 6.07) is 2.05. The van der Waals surface area contributed by atoms with Crippen LogP contribution in [0.4, 0.5) is 0 Å². The maximum atomic E-state index is 5.59. The van der Waals surface area contributed by atoms with Crippen molar-refractivity contribution in [2.24, 2.45) is 12.9 Å². The van der Waals surface area contributed by atoms with Gasteiger partial charge in [-0.3, -0.25) is 5.84 Å². The molecule has 0 fully saturated rings. The van der Waals surface area contributed by atoms with Crippen molar-refractivity contribution in [3.8, 4) is 0 Å². The highest BCUT2D eigenvalue weighted by atomic mass is 32.1. The van der Waals surface area contributed by atoms with Crippen LogP contribution < -0.4 is 11.3 Å². The van der Waals surface area contributed by atoms with E-state index in [1.54, 1.807) is 17.5 Å². The molecule has 4 nitrogen and oxygen atoms in total. The Morgan fingerprint density at radius 2 is 2.40 bits per heavy atom. The molecule has 3 N–H and O–H groups in total. The summed E-state index contributed by atoms with van der Waals surface area (Å²) >= 11 is 1.72. The van der Waals surface area contributed by atoms with Gasteiger partial charge < -0.3 is 4.57 Å². The van der Waals surface area contributed by atoms with Gasteiger partial charge in [0.1, 0.15) is 11.9 Å². The first-order chi connectivity index (χ1) is 7.24. The quantitative estimate of drug-likeness (QED) is 0.608. The van der Waals surface area contributed by atoms with Crippen LogP contribution in [-0.4, -0.2) is 9.55 Å². The molecule has 80 valence electrons. The van der Waals surface area contributed by atoms with E-state index < -0.39 is 0 Å². The second-order valence-electron chi connectivity index (χ2n) is 3.43. The van der Waals surface area contributed by atoms with Crippen LogP contribution in [0.1, 0.15) is 22.3 Å². The molecule has 0 aliphatic rings. The van der Waals surface area contributed by atoms with Crippen molar-refractivity contribution in [3.05, 3.63) is 40.1 Å². The van der Waals surface area contributed by atoms with Crippen molar-refractivity contribution in [2.75, 3.05) is 0 Å². The van der Waals surface area contributed by atoms with Crippen LogP contribution in [0.25, 0.3) is 0 Å². The molecule has 0 saturated heterocycles. The second-order valence-corrected chi connectivity index (χ2v) is 4.55. The Morgan fingerprint density at radius 3 is 2.87 bits per heavy atom. The van der Waals surface area contributed by atoms with Crippen LogP contribution in [0.5, 0.6) is 0 Å². The smallest absolute Gasteiger partial charge is 0.131 e. The molecule has 5 heteroatoms. The Labute approximate surface area is 92.7 Å². The minimum atomic E-state index is -0.0313. The van der Waals surface area contributed by atoms with Crippen molar-refractivity contribution in [2.45, 2.75) is 13.0 Å². The lowest BCUT2D eigenvalue weighted by atomic mass is 10.1. The van der Waals surface area contributed by atoms with Gasteiger partial charge in [0, 0.05) is 24.3 Å². The van der Waals surface area contributed by atoms with Gasteiger partial charge in [0.05, 0.1) is 0 Å². The zero-order valence-corrected chi connectivity index (χ0v) is 9.58. The average Bonchev–Trinajstić information content (AvgIpc) is 2.80. The fourth-order valence-electron chi connectivity index (χ4n) is 1.65. The van der Waals surface area contributed by atoms with Crippen molar-refractivity contribution in [1.29, 1.82) is 0 Å². The number of imidazole rings is 1. The van der Waals surface area contributed by atoms with E-state index in [2.05, 4.69) is 28.8 Å². The first-order valence-corrected chi connectivity index (χ1v) is 5.59. The van der Waals surface area contributed by atoms with Gasteiger partial charge in [0.15, 0.2) is 0 Å². The number of nitrogens with zero attached hydrogens (tertiary/aromatic N) is 2. The number of nitrogens with one attached hydrogen (secondary N) is 1. The molecule has 1 unspecified atom stereocenters. The van der Waals surface area contributed by atoms with Crippen LogP contribution in [0.3, 0.4) is 0 Å². The molecular weight excluding hydrogens is 208 g/mol. The number of aryl methyl sites for hydroxylation is 2. The lowest BCUT2D eigenvalue weighted by Gasteiger charge is -2.15. The van der Waals surface area contributed by atoms with Crippen LogP contribution in [0.15, 0.2) is 23.8 Å². The molecule has 0 aliphatic carbocycles. The third-order valence-corrected chi connectivity index (χ3v) is 3.35. The number of hydrazine groups is 1. The first kappa shape index (κ1) is 10.4. The summed E-state index contributed by atoms with van der Waals surface area (Å²) in [7, 11) is 1.97. The Kier molecular flexibility index (Phi) is 2.86. The fraction of sp³-hybridized carbons (Fsp3) is 0.300. The summed E-state index contributed by atoms with van der Waals surface area (Å²) in [6.07, 6.45) is 3.70. The number of nitrogens with two attached hydrogens (primary N) is 1. The molecule has 2 aromatic rings. The first-order valence-electron chi connectivity index (χ1n) is 4.71. The molecule has 0 radical (unpaired) electrons. The molecule has 0 bridgehead atoms. The normalized spacial score (nSPS) is 13.0. The van der Waals surface area contributed by atoms with Gasteiger partial charge in [-0.1, -0.05) is 0 Å². The molecule has 0 aliphatic heterocycles. The monoisotopic (exact) mass is 222 g/mol. The molecule has 2 rings (SSSR count). The van der Waals surface area contributed by atoms with E-state index in [0.717, 1.165) is 5.82 Å². The summed E-state index contributed by atoms with van der Waals surface area (Å²) in [4.78, 5) is 5.57. The molecule has 1 atom stereocenters. The van der Waals surface area contributed by atoms with Gasteiger partial charge >= 0.3 is 0 Å². The summed E-state index contributed by atoms with van der Waals surface area (Å²) in [5.41, 5.74) is 4.00. The Balaban J connectivity index is 2.41. The van der Waals surface area contributed by atoms with E-state index in [9.17, 15) is 0 Å². The summed E-state index contributed by atoms with van der Waals surface area (Å²) in [6.45, 7) is 2.09. The number of rotatable bonds is 3. The van der Waals surface area contributed by atoms with Crippen molar-refractivity contribution < 1.29 is 0 Å². The maximum absolute atomic E-state index is 5.59. The van der Waals surface area contributed by atoms with Gasteiger partial charge in [-0.15, -0.1) is 11.3 Å². The lowest BCUT2D eigenvalue weighted by molar-refractivity contribution is 0.579. The van der Waals surface area contributed by atoms with Gasteiger partial charge in [-0.05, 0) is 23.9 Å². The van der Waals surface area contributed by atoms with Gasteiger partial charge in [0.25, 0.3) is 0 Å². The number of aromatic nitrogens is 2. The Morgan fingerprint density at radius 1 is 1.60 bits per heavy atom. The molecule has 0 aromatic carbocycles. The molecule has 0 amide bonds. The van der Waals surface area contributed by atoms with E-state index in [0.29, 0.717) is 0 Å². The maximum Gasteiger partial charge on any atom is 0.131 e. The Bertz CT molecular complexity index is 405. The predicted molar refractivity (Wildman–Crippen MR) is 61.4 cm³/mol. The van der Waals surface area contributed by atoms with E-state index in [-0.39, 0.29) is 6.04 Å². The van der Waals surface area contributed by atoms with Crippen molar-refractivity contribution in [1.82, 2.24) is 15.0 Å². The third-order valence-electron chi connectivity index (χ3n) is 2.49. The summed E-state index contributed by atoms with van der Waals surface area (Å²) in [5.74, 6) is 6.52. The van der Waals surface area contributed by atoms with E-state index in [1.807, 2.05) is 17.8 Å². The molecule has 15 heavy (non-hydrogen) atoms. The van der Waals surface area contributed by atoms with Crippen LogP contribution in [0, 0.1) is 6.92 Å². The number of thiophene rings is 1. The van der Waals surface area contributed by atoms with E-state index >= 15 is 0 Å². The standard InChI is InChI=1S/C10H14N4S/c1-7-8(3-6-15-7)9(13-11)10-12-4-5-14(10)2/h3-6,9,13H,11H2,1-2H3. The number of hydrogen-bond acceptors (Lipinski definition) is 4. The zero-order valence-electron chi connectivity index (χ0n) is 8.77. The minimum Gasteiger partial charge on any atom is -0.336 e. The van der Waals surface area contributed by atoms with Crippen LogP contribution >= 0.6 is 11.3 Å². The average molecular weight is 222 g/mol. The minimum absolute atomic E-state index is 0.0313. The van der Waals surface area contributed by atoms with Crippen LogP contribution in [0.2, 0.25) is 0 Å². The van der Waals surface area contributed by atoms with Crippen LogP contribution in [-0.2, 0) is 7.05 Å². The van der Waals surface area contributed by atoms with Crippen molar-refractivity contribution >= 4 is 11.3 Å². The SMILES string of the molecule is Cc1sccc1C(NN)c1nccn1C. The fourth-order valence-corrected chi connectivity index (χ4v) is 2.39. The zero-order chi connectivity index (χ0) is 10.8. The highest BCUT2D eigenvalue weighted by molar-refractivity contribution is 7.10. The van der Waals surface area contributed by atoms with E-state index in [4.69, 9.17) is 5.84 Å².